The fourth-order valence-electron chi connectivity index (χ4n) is 2.19. The second-order valence-corrected chi connectivity index (χ2v) is 4.42. The SMILES string of the molecule is O=C(CCC1CCN1)N1CCCCC1. The van der Waals surface area contributed by atoms with Gasteiger partial charge in [0.15, 0.2) is 0 Å². The minimum absolute atomic E-state index is 0.374. The number of nitrogens with one attached hydrogen (secondary N) is 1. The monoisotopic (exact) mass is 196 g/mol. The Morgan fingerprint density at radius 1 is 1.29 bits per heavy atom. The third-order valence-electron chi connectivity index (χ3n) is 3.34. The second-order valence-electron chi connectivity index (χ2n) is 4.42. The lowest BCUT2D eigenvalue weighted by Crippen LogP contribution is -2.44. The van der Waals surface area contributed by atoms with E-state index >= 15 is 0 Å². The van der Waals surface area contributed by atoms with Crippen LogP contribution in [0.25, 0.3) is 0 Å². The van der Waals surface area contributed by atoms with E-state index in [4.69, 9.17) is 0 Å². The molecule has 1 unspecified atom stereocenters. The molecule has 1 amide bonds. The summed E-state index contributed by atoms with van der Waals surface area (Å²) in [5, 5.41) is 3.33. The summed E-state index contributed by atoms with van der Waals surface area (Å²) in [5.74, 6) is 0.374. The van der Waals surface area contributed by atoms with Crippen molar-refractivity contribution in [1.29, 1.82) is 0 Å². The maximum Gasteiger partial charge on any atom is 0.222 e. The van der Waals surface area contributed by atoms with Gasteiger partial charge in [0.2, 0.25) is 5.91 Å². The molecule has 2 aliphatic heterocycles. The molecule has 0 aromatic heterocycles. The van der Waals surface area contributed by atoms with Gasteiger partial charge in [-0.1, -0.05) is 0 Å². The van der Waals surface area contributed by atoms with Gasteiger partial charge in [-0.3, -0.25) is 4.79 Å². The van der Waals surface area contributed by atoms with Crippen LogP contribution in [0.3, 0.4) is 0 Å². The number of piperidine rings is 1. The van der Waals surface area contributed by atoms with Crippen LogP contribution in [-0.4, -0.2) is 36.5 Å². The largest absolute Gasteiger partial charge is 0.343 e. The standard InChI is InChI=1S/C11H20N2O/c14-11(5-4-10-6-7-12-10)13-8-2-1-3-9-13/h10,12H,1-9H2. The Morgan fingerprint density at radius 2 is 2.00 bits per heavy atom. The van der Waals surface area contributed by atoms with Crippen molar-refractivity contribution in [1.82, 2.24) is 10.2 Å². The lowest BCUT2D eigenvalue weighted by Gasteiger charge is -2.30. The molecule has 2 saturated heterocycles. The summed E-state index contributed by atoms with van der Waals surface area (Å²) in [6.45, 7) is 3.14. The van der Waals surface area contributed by atoms with Crippen LogP contribution < -0.4 is 5.32 Å². The van der Waals surface area contributed by atoms with E-state index in [1.165, 1.54) is 25.7 Å². The summed E-state index contributed by atoms with van der Waals surface area (Å²) < 4.78 is 0. The zero-order valence-electron chi connectivity index (χ0n) is 8.80. The van der Waals surface area contributed by atoms with Gasteiger partial charge >= 0.3 is 0 Å². The third kappa shape index (κ3) is 2.47. The molecule has 0 bridgehead atoms. The van der Waals surface area contributed by atoms with E-state index in [1.54, 1.807) is 0 Å². The zero-order chi connectivity index (χ0) is 9.80. The highest BCUT2D eigenvalue weighted by atomic mass is 16.2. The van der Waals surface area contributed by atoms with E-state index in [0.29, 0.717) is 11.9 Å². The number of nitrogens with zero attached hydrogens (tertiary/aromatic N) is 1. The van der Waals surface area contributed by atoms with Gasteiger partial charge in [-0.25, -0.2) is 0 Å². The summed E-state index contributed by atoms with van der Waals surface area (Å²) in [5.41, 5.74) is 0. The summed E-state index contributed by atoms with van der Waals surface area (Å²) in [7, 11) is 0. The summed E-state index contributed by atoms with van der Waals surface area (Å²) >= 11 is 0. The van der Waals surface area contributed by atoms with Crippen LogP contribution in [0, 0.1) is 0 Å². The van der Waals surface area contributed by atoms with E-state index in [-0.39, 0.29) is 0 Å². The van der Waals surface area contributed by atoms with Crippen LogP contribution in [0.4, 0.5) is 0 Å². The Hall–Kier alpha value is -0.570. The molecule has 14 heavy (non-hydrogen) atoms. The molecule has 0 radical (unpaired) electrons. The number of hydrogen-bond acceptors (Lipinski definition) is 2. The molecule has 80 valence electrons. The molecule has 3 nitrogen and oxygen atoms in total. The van der Waals surface area contributed by atoms with Gasteiger partial charge in [0.1, 0.15) is 0 Å². The quantitative estimate of drug-likeness (QED) is 0.734. The van der Waals surface area contributed by atoms with Crippen molar-refractivity contribution in [2.24, 2.45) is 0 Å². The highest BCUT2D eigenvalue weighted by Crippen LogP contribution is 2.13. The van der Waals surface area contributed by atoms with E-state index in [9.17, 15) is 4.79 Å². The average molecular weight is 196 g/mol. The molecule has 1 atom stereocenters. The first-order valence-corrected chi connectivity index (χ1v) is 5.87. The fourth-order valence-corrected chi connectivity index (χ4v) is 2.19. The van der Waals surface area contributed by atoms with E-state index < -0.39 is 0 Å². The average Bonchev–Trinajstić information content (AvgIpc) is 2.16. The lowest BCUT2D eigenvalue weighted by molar-refractivity contribution is -0.132. The van der Waals surface area contributed by atoms with Crippen LogP contribution in [-0.2, 0) is 4.79 Å². The van der Waals surface area contributed by atoms with Crippen molar-refractivity contribution in [3.8, 4) is 0 Å². The Kier molecular flexibility index (Phi) is 3.40. The Labute approximate surface area is 85.8 Å². The first-order valence-electron chi connectivity index (χ1n) is 5.87. The van der Waals surface area contributed by atoms with Gasteiger partial charge in [0, 0.05) is 25.6 Å². The van der Waals surface area contributed by atoms with Crippen molar-refractivity contribution >= 4 is 5.91 Å². The molecule has 2 aliphatic rings. The highest BCUT2D eigenvalue weighted by molar-refractivity contribution is 5.76. The zero-order valence-corrected chi connectivity index (χ0v) is 8.80. The Bertz CT molecular complexity index is 195. The van der Waals surface area contributed by atoms with E-state index in [1.807, 2.05) is 4.90 Å². The molecule has 2 heterocycles. The molecule has 3 heteroatoms. The van der Waals surface area contributed by atoms with Gasteiger partial charge in [-0.15, -0.1) is 0 Å². The third-order valence-corrected chi connectivity index (χ3v) is 3.34. The number of rotatable bonds is 3. The van der Waals surface area contributed by atoms with E-state index in [0.717, 1.165) is 32.5 Å². The van der Waals surface area contributed by atoms with Crippen LogP contribution in [0.2, 0.25) is 0 Å². The van der Waals surface area contributed by atoms with Crippen molar-refractivity contribution in [2.75, 3.05) is 19.6 Å². The minimum atomic E-state index is 0.374. The Morgan fingerprint density at radius 3 is 2.57 bits per heavy atom. The summed E-state index contributed by atoms with van der Waals surface area (Å²) in [6, 6.07) is 0.628. The normalized spacial score (nSPS) is 27.1. The van der Waals surface area contributed by atoms with Crippen molar-refractivity contribution in [3.63, 3.8) is 0 Å². The van der Waals surface area contributed by atoms with Crippen molar-refractivity contribution in [3.05, 3.63) is 0 Å². The van der Waals surface area contributed by atoms with Gasteiger partial charge in [-0.05, 0) is 38.6 Å². The predicted molar refractivity (Wildman–Crippen MR) is 56.1 cm³/mol. The number of likely N-dealkylation sites (tertiary alicyclic amines) is 1. The maximum atomic E-state index is 11.7. The van der Waals surface area contributed by atoms with E-state index in [2.05, 4.69) is 5.32 Å². The molecule has 0 aromatic rings. The number of hydrogen-bond donors (Lipinski definition) is 1. The fraction of sp³-hybridized carbons (Fsp3) is 0.909. The molecule has 0 aliphatic carbocycles. The van der Waals surface area contributed by atoms with Crippen LogP contribution in [0.1, 0.15) is 38.5 Å². The molecule has 0 saturated carbocycles. The molecule has 0 spiro atoms. The first kappa shape index (κ1) is 9.97. The van der Waals surface area contributed by atoms with Gasteiger partial charge in [0.25, 0.3) is 0 Å². The van der Waals surface area contributed by atoms with Gasteiger partial charge in [0.05, 0.1) is 0 Å². The number of carbonyl (C=O) groups excluding carboxylic acids is 1. The van der Waals surface area contributed by atoms with Crippen LogP contribution in [0.15, 0.2) is 0 Å². The number of carbonyl (C=O) groups is 1. The lowest BCUT2D eigenvalue weighted by atomic mass is 10.0. The maximum absolute atomic E-state index is 11.7. The predicted octanol–water partition coefficient (Wildman–Crippen LogP) is 1.14. The number of amides is 1. The van der Waals surface area contributed by atoms with Crippen molar-refractivity contribution in [2.45, 2.75) is 44.6 Å². The van der Waals surface area contributed by atoms with Gasteiger partial charge < -0.3 is 10.2 Å². The molecule has 0 aromatic carbocycles. The summed E-state index contributed by atoms with van der Waals surface area (Å²) in [6.07, 6.45) is 6.75. The smallest absolute Gasteiger partial charge is 0.222 e. The molecular weight excluding hydrogens is 176 g/mol. The Balaban J connectivity index is 1.65. The minimum Gasteiger partial charge on any atom is -0.343 e. The van der Waals surface area contributed by atoms with Crippen LogP contribution >= 0.6 is 0 Å². The highest BCUT2D eigenvalue weighted by Gasteiger charge is 2.20. The second kappa shape index (κ2) is 4.78. The van der Waals surface area contributed by atoms with Gasteiger partial charge in [-0.2, -0.15) is 0 Å². The molecular formula is C11H20N2O. The van der Waals surface area contributed by atoms with Crippen LogP contribution in [0.5, 0.6) is 0 Å². The topological polar surface area (TPSA) is 32.3 Å². The molecule has 2 rings (SSSR count). The molecule has 1 N–H and O–H groups in total. The first-order chi connectivity index (χ1) is 6.86. The summed E-state index contributed by atoms with van der Waals surface area (Å²) in [4.78, 5) is 13.8. The molecule has 2 fully saturated rings. The van der Waals surface area contributed by atoms with Crippen molar-refractivity contribution < 1.29 is 4.79 Å².